The molecule has 0 fully saturated rings. The molecule has 0 aliphatic carbocycles. The van der Waals surface area contributed by atoms with Gasteiger partial charge in [-0.3, -0.25) is 0 Å². The van der Waals surface area contributed by atoms with Crippen LogP contribution in [0.15, 0.2) is 66.7 Å². The van der Waals surface area contributed by atoms with Crippen LogP contribution in [-0.2, 0) is 0 Å². The quantitative estimate of drug-likeness (QED) is 0.709. The number of ether oxygens (including phenoxy) is 1. The third-order valence-electron chi connectivity index (χ3n) is 3.78. The zero-order chi connectivity index (χ0) is 16.2. The number of terminal acetylenes is 1. The molecule has 2 heteroatoms. The van der Waals surface area contributed by atoms with E-state index in [0.29, 0.717) is 11.3 Å². The standard InChI is InChI=1S/C21H16O2/c1-3-15-13-20(22)21(23-2)14-19(15)18-12-8-7-11-17(18)16-9-5-4-6-10-16/h1,4-14,22H,2H3. The van der Waals surface area contributed by atoms with E-state index in [1.54, 1.807) is 12.1 Å². The van der Waals surface area contributed by atoms with Gasteiger partial charge < -0.3 is 9.84 Å². The third-order valence-corrected chi connectivity index (χ3v) is 3.78. The van der Waals surface area contributed by atoms with Crippen molar-refractivity contribution in [3.63, 3.8) is 0 Å². The van der Waals surface area contributed by atoms with Gasteiger partial charge in [-0.15, -0.1) is 6.42 Å². The summed E-state index contributed by atoms with van der Waals surface area (Å²) in [6.45, 7) is 0. The van der Waals surface area contributed by atoms with Gasteiger partial charge in [-0.2, -0.15) is 0 Å². The van der Waals surface area contributed by atoms with Gasteiger partial charge in [-0.25, -0.2) is 0 Å². The zero-order valence-electron chi connectivity index (χ0n) is 12.8. The van der Waals surface area contributed by atoms with E-state index in [1.165, 1.54) is 7.11 Å². The van der Waals surface area contributed by atoms with Gasteiger partial charge >= 0.3 is 0 Å². The lowest BCUT2D eigenvalue weighted by Crippen LogP contribution is -1.92. The Kier molecular flexibility index (Phi) is 4.03. The molecule has 2 nitrogen and oxygen atoms in total. The van der Waals surface area contributed by atoms with Gasteiger partial charge in [0.2, 0.25) is 0 Å². The van der Waals surface area contributed by atoms with Gasteiger partial charge in [-0.1, -0.05) is 60.5 Å². The predicted molar refractivity (Wildman–Crippen MR) is 93.5 cm³/mol. The first-order valence-corrected chi connectivity index (χ1v) is 7.27. The molecule has 3 aromatic rings. The summed E-state index contributed by atoms with van der Waals surface area (Å²) < 4.78 is 5.23. The third kappa shape index (κ3) is 2.77. The molecule has 0 amide bonds. The predicted octanol–water partition coefficient (Wildman–Crippen LogP) is 4.72. The van der Waals surface area contributed by atoms with Crippen LogP contribution in [0.2, 0.25) is 0 Å². The van der Waals surface area contributed by atoms with Crippen molar-refractivity contribution >= 4 is 0 Å². The first-order chi connectivity index (χ1) is 11.2. The average Bonchev–Trinajstić information content (AvgIpc) is 2.62. The number of rotatable bonds is 3. The highest BCUT2D eigenvalue weighted by atomic mass is 16.5. The molecule has 23 heavy (non-hydrogen) atoms. The molecule has 3 aromatic carbocycles. The summed E-state index contributed by atoms with van der Waals surface area (Å²) in [5.41, 5.74) is 4.69. The molecule has 3 rings (SSSR count). The van der Waals surface area contributed by atoms with E-state index in [9.17, 15) is 5.11 Å². The normalized spacial score (nSPS) is 10.1. The zero-order valence-corrected chi connectivity index (χ0v) is 12.8. The minimum atomic E-state index is 0.0430. The Bertz CT molecular complexity index is 874. The van der Waals surface area contributed by atoms with Crippen LogP contribution < -0.4 is 4.74 Å². The highest BCUT2D eigenvalue weighted by Gasteiger charge is 2.14. The molecule has 0 aliphatic rings. The van der Waals surface area contributed by atoms with Crippen molar-refractivity contribution in [3.05, 3.63) is 72.3 Å². The fraction of sp³-hybridized carbons (Fsp3) is 0.0476. The van der Waals surface area contributed by atoms with E-state index in [1.807, 2.05) is 36.4 Å². The van der Waals surface area contributed by atoms with Crippen LogP contribution >= 0.6 is 0 Å². The largest absolute Gasteiger partial charge is 0.504 e. The minimum Gasteiger partial charge on any atom is -0.504 e. The lowest BCUT2D eigenvalue weighted by molar-refractivity contribution is 0.373. The maximum absolute atomic E-state index is 9.96. The Labute approximate surface area is 136 Å². The summed E-state index contributed by atoms with van der Waals surface area (Å²) in [4.78, 5) is 0. The number of hydrogen-bond acceptors (Lipinski definition) is 2. The summed E-state index contributed by atoms with van der Waals surface area (Å²) in [6, 6.07) is 21.5. The highest BCUT2D eigenvalue weighted by Crippen LogP contribution is 2.38. The first-order valence-electron chi connectivity index (χ1n) is 7.27. The highest BCUT2D eigenvalue weighted by molar-refractivity contribution is 5.87. The molecule has 1 N–H and O–H groups in total. The average molecular weight is 300 g/mol. The molecular weight excluding hydrogens is 284 g/mol. The number of benzene rings is 3. The van der Waals surface area contributed by atoms with E-state index in [0.717, 1.165) is 22.3 Å². The van der Waals surface area contributed by atoms with E-state index in [4.69, 9.17) is 11.2 Å². The summed E-state index contributed by atoms with van der Waals surface area (Å²) in [6.07, 6.45) is 5.64. The maximum atomic E-state index is 9.96. The van der Waals surface area contributed by atoms with E-state index < -0.39 is 0 Å². The van der Waals surface area contributed by atoms with Crippen LogP contribution in [0.5, 0.6) is 11.5 Å². The lowest BCUT2D eigenvalue weighted by Gasteiger charge is -2.14. The topological polar surface area (TPSA) is 29.5 Å². The Hall–Kier alpha value is -3.18. The summed E-state index contributed by atoms with van der Waals surface area (Å²) in [5, 5.41) is 9.96. The van der Waals surface area contributed by atoms with Crippen molar-refractivity contribution < 1.29 is 9.84 Å². The van der Waals surface area contributed by atoms with Crippen LogP contribution in [0.3, 0.4) is 0 Å². The molecule has 0 aliphatic heterocycles. The van der Waals surface area contributed by atoms with Crippen molar-refractivity contribution in [3.8, 4) is 46.1 Å². The summed E-state index contributed by atoms with van der Waals surface area (Å²) in [7, 11) is 1.53. The number of aromatic hydroxyl groups is 1. The van der Waals surface area contributed by atoms with Gasteiger partial charge in [0.1, 0.15) is 0 Å². The molecule has 0 bridgehead atoms. The monoisotopic (exact) mass is 300 g/mol. The van der Waals surface area contributed by atoms with E-state index >= 15 is 0 Å². The second-order valence-corrected chi connectivity index (χ2v) is 5.13. The van der Waals surface area contributed by atoms with Crippen LogP contribution in [0.1, 0.15) is 5.56 Å². The molecular formula is C21H16O2. The lowest BCUT2D eigenvalue weighted by atomic mass is 9.91. The fourth-order valence-electron chi connectivity index (χ4n) is 2.66. The summed E-state index contributed by atoms with van der Waals surface area (Å²) >= 11 is 0. The van der Waals surface area contributed by atoms with Crippen LogP contribution in [-0.4, -0.2) is 12.2 Å². The number of methoxy groups -OCH3 is 1. The molecule has 112 valence electrons. The molecule has 0 saturated carbocycles. The van der Waals surface area contributed by atoms with Gasteiger partial charge in [0.25, 0.3) is 0 Å². The maximum Gasteiger partial charge on any atom is 0.161 e. The van der Waals surface area contributed by atoms with Crippen molar-refractivity contribution in [2.45, 2.75) is 0 Å². The molecule has 0 saturated heterocycles. The van der Waals surface area contributed by atoms with Crippen molar-refractivity contribution in [2.75, 3.05) is 7.11 Å². The van der Waals surface area contributed by atoms with Gasteiger partial charge in [-0.05, 0) is 28.8 Å². The fourth-order valence-corrected chi connectivity index (χ4v) is 2.66. The molecule has 0 spiro atoms. The van der Waals surface area contributed by atoms with Crippen LogP contribution in [0.25, 0.3) is 22.3 Å². The SMILES string of the molecule is C#Cc1cc(O)c(OC)cc1-c1ccccc1-c1ccccc1. The van der Waals surface area contributed by atoms with Gasteiger partial charge in [0.15, 0.2) is 11.5 Å². The number of phenols is 1. The smallest absolute Gasteiger partial charge is 0.161 e. The van der Waals surface area contributed by atoms with Gasteiger partial charge in [0, 0.05) is 11.1 Å². The van der Waals surface area contributed by atoms with E-state index in [-0.39, 0.29) is 5.75 Å². The first kappa shape index (κ1) is 14.7. The van der Waals surface area contributed by atoms with Crippen molar-refractivity contribution in [1.29, 1.82) is 0 Å². The Balaban J connectivity index is 2.27. The minimum absolute atomic E-state index is 0.0430. The Morgan fingerprint density at radius 3 is 2.17 bits per heavy atom. The van der Waals surface area contributed by atoms with Crippen LogP contribution in [0, 0.1) is 12.3 Å². The molecule has 0 aromatic heterocycles. The Morgan fingerprint density at radius 2 is 1.52 bits per heavy atom. The molecule has 0 atom stereocenters. The summed E-state index contributed by atoms with van der Waals surface area (Å²) in [5.74, 6) is 3.10. The van der Waals surface area contributed by atoms with Crippen molar-refractivity contribution in [1.82, 2.24) is 0 Å². The number of phenolic OH excluding ortho intramolecular Hbond substituents is 1. The van der Waals surface area contributed by atoms with Crippen molar-refractivity contribution in [2.24, 2.45) is 0 Å². The molecule has 0 heterocycles. The second kappa shape index (κ2) is 6.29. The molecule has 0 unspecified atom stereocenters. The second-order valence-electron chi connectivity index (χ2n) is 5.13. The van der Waals surface area contributed by atoms with E-state index in [2.05, 4.69) is 24.1 Å². The Morgan fingerprint density at radius 1 is 0.870 bits per heavy atom. The van der Waals surface area contributed by atoms with Gasteiger partial charge in [0.05, 0.1) is 7.11 Å². The van der Waals surface area contributed by atoms with Crippen LogP contribution in [0.4, 0.5) is 0 Å². The molecule has 0 radical (unpaired) electrons. The number of hydrogen-bond donors (Lipinski definition) is 1.